The van der Waals surface area contributed by atoms with Crippen LogP contribution in [-0.4, -0.2) is 41.6 Å². The zero-order valence-corrected chi connectivity index (χ0v) is 15.8. The molecule has 28 heavy (non-hydrogen) atoms. The first-order valence-electron chi connectivity index (χ1n) is 9.49. The summed E-state index contributed by atoms with van der Waals surface area (Å²) in [7, 11) is 0. The Bertz CT molecular complexity index is 899. The van der Waals surface area contributed by atoms with Crippen LogP contribution in [0.3, 0.4) is 0 Å². The van der Waals surface area contributed by atoms with Crippen LogP contribution in [0, 0.1) is 12.8 Å². The second-order valence-electron chi connectivity index (χ2n) is 7.20. The van der Waals surface area contributed by atoms with Crippen molar-refractivity contribution < 1.29 is 19.1 Å². The number of piperidine rings is 1. The van der Waals surface area contributed by atoms with Gasteiger partial charge < -0.3 is 19.7 Å². The Morgan fingerprint density at radius 1 is 1.21 bits per heavy atom. The molecule has 0 aliphatic carbocycles. The third-order valence-corrected chi connectivity index (χ3v) is 5.08. The highest BCUT2D eigenvalue weighted by atomic mass is 16.7. The van der Waals surface area contributed by atoms with E-state index in [1.807, 2.05) is 37.3 Å². The maximum Gasteiger partial charge on any atom is 0.231 e. The van der Waals surface area contributed by atoms with Crippen molar-refractivity contribution in [3.63, 3.8) is 0 Å². The quantitative estimate of drug-likeness (QED) is 0.880. The maximum absolute atomic E-state index is 12.7. The molecule has 1 saturated heterocycles. The van der Waals surface area contributed by atoms with Gasteiger partial charge in [0.05, 0.1) is 12.3 Å². The number of hydrogen-bond donors (Lipinski definition) is 1. The van der Waals surface area contributed by atoms with Gasteiger partial charge in [-0.15, -0.1) is 0 Å². The smallest absolute Gasteiger partial charge is 0.231 e. The molecular weight excluding hydrogens is 358 g/mol. The van der Waals surface area contributed by atoms with E-state index < -0.39 is 0 Å². The lowest BCUT2D eigenvalue weighted by Gasteiger charge is -2.32. The number of carbonyl (C=O) groups excluding carboxylic acids is 2. The molecule has 7 heteroatoms. The molecule has 1 N–H and O–H groups in total. The van der Waals surface area contributed by atoms with Gasteiger partial charge in [0, 0.05) is 18.8 Å². The van der Waals surface area contributed by atoms with Gasteiger partial charge in [-0.2, -0.15) is 0 Å². The monoisotopic (exact) mass is 381 g/mol. The summed E-state index contributed by atoms with van der Waals surface area (Å²) in [5.74, 6) is 1.64. The molecule has 4 rings (SSSR count). The zero-order chi connectivity index (χ0) is 19.5. The van der Waals surface area contributed by atoms with Gasteiger partial charge in [0.1, 0.15) is 5.82 Å². The van der Waals surface area contributed by atoms with Crippen LogP contribution in [0.1, 0.15) is 24.1 Å². The fourth-order valence-electron chi connectivity index (χ4n) is 3.60. The highest BCUT2D eigenvalue weighted by molar-refractivity contribution is 5.92. The number of likely N-dealkylation sites (tertiary alicyclic amines) is 1. The molecule has 146 valence electrons. The van der Waals surface area contributed by atoms with E-state index >= 15 is 0 Å². The molecule has 2 amide bonds. The first-order chi connectivity index (χ1) is 13.6. The molecule has 0 saturated carbocycles. The fraction of sp³-hybridized carbons (Fsp3) is 0.381. The van der Waals surface area contributed by atoms with Crippen LogP contribution in [0.15, 0.2) is 36.4 Å². The van der Waals surface area contributed by atoms with E-state index in [4.69, 9.17) is 9.47 Å². The predicted molar refractivity (Wildman–Crippen MR) is 103 cm³/mol. The Balaban J connectivity index is 1.36. The van der Waals surface area contributed by atoms with Gasteiger partial charge in [0.2, 0.25) is 18.6 Å². The Morgan fingerprint density at radius 3 is 2.93 bits per heavy atom. The number of nitrogens with one attached hydrogen (secondary N) is 1. The lowest BCUT2D eigenvalue weighted by Crippen LogP contribution is -2.44. The van der Waals surface area contributed by atoms with Crippen LogP contribution < -0.4 is 14.8 Å². The number of aromatic nitrogens is 1. The fourth-order valence-corrected chi connectivity index (χ4v) is 3.60. The van der Waals surface area contributed by atoms with E-state index in [-0.39, 0.29) is 30.9 Å². The first kappa shape index (κ1) is 18.3. The third-order valence-electron chi connectivity index (χ3n) is 5.08. The number of pyridine rings is 1. The number of anilines is 1. The average Bonchev–Trinajstić information content (AvgIpc) is 3.16. The standard InChI is InChI=1S/C21H23N3O4/c1-14-4-2-6-19(22-14)23-21(26)16-5-3-9-24(12-16)20(25)11-15-7-8-17-18(10-15)28-13-27-17/h2,4,6-8,10,16H,3,5,9,11-13H2,1H3,(H,22,23,26). The molecule has 3 heterocycles. The van der Waals surface area contributed by atoms with E-state index in [2.05, 4.69) is 10.3 Å². The number of nitrogens with zero attached hydrogens (tertiary/aromatic N) is 2. The number of ether oxygens (including phenoxy) is 2. The van der Waals surface area contributed by atoms with E-state index in [1.54, 1.807) is 11.0 Å². The molecule has 0 bridgehead atoms. The molecule has 1 aromatic carbocycles. The summed E-state index contributed by atoms with van der Waals surface area (Å²) >= 11 is 0. The van der Waals surface area contributed by atoms with Crippen molar-refractivity contribution in [3.05, 3.63) is 47.7 Å². The first-order valence-corrected chi connectivity index (χ1v) is 9.49. The number of aryl methyl sites for hydroxylation is 1. The van der Waals surface area contributed by atoms with Gasteiger partial charge in [-0.25, -0.2) is 4.98 Å². The topological polar surface area (TPSA) is 80.8 Å². The number of fused-ring (bicyclic) bond motifs is 1. The molecule has 2 aromatic rings. The normalized spacial score (nSPS) is 18.0. The zero-order valence-electron chi connectivity index (χ0n) is 15.8. The molecule has 2 aliphatic heterocycles. The summed E-state index contributed by atoms with van der Waals surface area (Å²) in [5, 5.41) is 2.87. The van der Waals surface area contributed by atoms with Crippen molar-refractivity contribution in [1.82, 2.24) is 9.88 Å². The number of benzene rings is 1. The van der Waals surface area contributed by atoms with E-state index in [0.29, 0.717) is 30.4 Å². The molecule has 1 atom stereocenters. The maximum atomic E-state index is 12.7. The largest absolute Gasteiger partial charge is 0.454 e. The number of rotatable bonds is 4. The molecule has 7 nitrogen and oxygen atoms in total. The Morgan fingerprint density at radius 2 is 2.07 bits per heavy atom. The van der Waals surface area contributed by atoms with E-state index in [9.17, 15) is 9.59 Å². The highest BCUT2D eigenvalue weighted by Crippen LogP contribution is 2.32. The van der Waals surface area contributed by atoms with Crippen molar-refractivity contribution >= 4 is 17.6 Å². The van der Waals surface area contributed by atoms with Crippen LogP contribution >= 0.6 is 0 Å². The van der Waals surface area contributed by atoms with Crippen molar-refractivity contribution in [2.24, 2.45) is 5.92 Å². The molecule has 0 spiro atoms. The molecule has 1 fully saturated rings. The summed E-state index contributed by atoms with van der Waals surface area (Å²) in [6.07, 6.45) is 1.86. The molecule has 1 unspecified atom stereocenters. The van der Waals surface area contributed by atoms with Crippen LogP contribution in [0.4, 0.5) is 5.82 Å². The van der Waals surface area contributed by atoms with Gasteiger partial charge in [0.25, 0.3) is 0 Å². The second-order valence-corrected chi connectivity index (χ2v) is 7.20. The Hall–Kier alpha value is -3.09. The summed E-state index contributed by atoms with van der Waals surface area (Å²) in [5.41, 5.74) is 1.73. The van der Waals surface area contributed by atoms with Crippen molar-refractivity contribution in [2.75, 3.05) is 25.2 Å². The summed E-state index contributed by atoms with van der Waals surface area (Å²) in [4.78, 5) is 31.5. The van der Waals surface area contributed by atoms with Gasteiger partial charge in [0.15, 0.2) is 11.5 Å². The van der Waals surface area contributed by atoms with E-state index in [1.165, 1.54) is 0 Å². The van der Waals surface area contributed by atoms with Gasteiger partial charge >= 0.3 is 0 Å². The minimum absolute atomic E-state index is 0.0186. The minimum atomic E-state index is -0.225. The van der Waals surface area contributed by atoms with Crippen LogP contribution in [-0.2, 0) is 16.0 Å². The van der Waals surface area contributed by atoms with Crippen LogP contribution in [0.5, 0.6) is 11.5 Å². The molecule has 0 radical (unpaired) electrons. The summed E-state index contributed by atoms with van der Waals surface area (Å²) in [6, 6.07) is 11.1. The number of hydrogen-bond acceptors (Lipinski definition) is 5. The number of carbonyl (C=O) groups is 2. The predicted octanol–water partition coefficient (Wildman–Crippen LogP) is 2.54. The summed E-state index contributed by atoms with van der Waals surface area (Å²) in [6.45, 7) is 3.20. The van der Waals surface area contributed by atoms with Crippen LogP contribution in [0.25, 0.3) is 0 Å². The van der Waals surface area contributed by atoms with Gasteiger partial charge in [-0.1, -0.05) is 12.1 Å². The second kappa shape index (κ2) is 7.88. The minimum Gasteiger partial charge on any atom is -0.454 e. The molecule has 2 aliphatic rings. The Kier molecular flexibility index (Phi) is 5.14. The van der Waals surface area contributed by atoms with E-state index in [0.717, 1.165) is 24.1 Å². The third kappa shape index (κ3) is 4.08. The van der Waals surface area contributed by atoms with Crippen LogP contribution in [0.2, 0.25) is 0 Å². The lowest BCUT2D eigenvalue weighted by molar-refractivity contribution is -0.133. The number of amides is 2. The van der Waals surface area contributed by atoms with Gasteiger partial charge in [-0.3, -0.25) is 9.59 Å². The van der Waals surface area contributed by atoms with Crippen molar-refractivity contribution in [3.8, 4) is 11.5 Å². The lowest BCUT2D eigenvalue weighted by atomic mass is 9.96. The highest BCUT2D eigenvalue weighted by Gasteiger charge is 2.29. The van der Waals surface area contributed by atoms with Crippen molar-refractivity contribution in [1.29, 1.82) is 0 Å². The molecular formula is C21H23N3O4. The average molecular weight is 381 g/mol. The Labute approximate surface area is 163 Å². The van der Waals surface area contributed by atoms with Gasteiger partial charge in [-0.05, 0) is 49.6 Å². The SMILES string of the molecule is Cc1cccc(NC(=O)C2CCCN(C(=O)Cc3ccc4c(c3)OCO4)C2)n1. The summed E-state index contributed by atoms with van der Waals surface area (Å²) < 4.78 is 10.7. The molecule has 1 aromatic heterocycles. The van der Waals surface area contributed by atoms with Crippen molar-refractivity contribution in [2.45, 2.75) is 26.2 Å².